The van der Waals surface area contributed by atoms with Gasteiger partial charge in [-0.3, -0.25) is 9.36 Å². The van der Waals surface area contributed by atoms with Gasteiger partial charge in [0.1, 0.15) is 17.2 Å². The van der Waals surface area contributed by atoms with Gasteiger partial charge < -0.3 is 16.6 Å². The molecule has 0 bridgehead atoms. The van der Waals surface area contributed by atoms with Gasteiger partial charge in [0, 0.05) is 24.9 Å². The maximum atomic E-state index is 12.1. The lowest BCUT2D eigenvalue weighted by molar-refractivity contribution is 0.100. The largest absolute Gasteiger partial charge is 0.508 e. The number of aromatic hydroxyl groups is 1. The summed E-state index contributed by atoms with van der Waals surface area (Å²) in [6.07, 6.45) is 0. The highest BCUT2D eigenvalue weighted by molar-refractivity contribution is 6.11. The zero-order valence-electron chi connectivity index (χ0n) is 19.1. The number of hydrogen-bond acceptors (Lipinski definition) is 4. The quantitative estimate of drug-likeness (QED) is 0.671. The van der Waals surface area contributed by atoms with Crippen LogP contribution in [-0.2, 0) is 0 Å². The molecule has 0 aliphatic heterocycles. The molecule has 1 aromatic carbocycles. The van der Waals surface area contributed by atoms with Crippen LogP contribution in [0.4, 0.5) is 5.82 Å². The first-order valence-corrected chi connectivity index (χ1v) is 7.11. The summed E-state index contributed by atoms with van der Waals surface area (Å²) < 4.78 is 48.3. The SMILES string of the molecule is [2H]C([2H])([2H])c1ccc(O)c(C([2H])([2H])[2H])c1-n1c(N)c(C(N)=O)c2cc(C)c(C)nc21. The third-order valence-electron chi connectivity index (χ3n) is 4.05. The third-order valence-corrected chi connectivity index (χ3v) is 4.05. The number of amides is 1. The predicted molar refractivity (Wildman–Crippen MR) is 94.6 cm³/mol. The fourth-order valence-corrected chi connectivity index (χ4v) is 2.71. The standard InChI is InChI=1S/C18H20N4O2/c1-8-5-6-13(23)10(3)15(8)22-16(19)14(17(20)24)12-7-9(2)11(4)21-18(12)22/h5-7,23H,19H2,1-4H3,(H2,20,24)/i1D3,3D3. The van der Waals surface area contributed by atoms with Crippen LogP contribution in [0.5, 0.6) is 5.75 Å². The van der Waals surface area contributed by atoms with Gasteiger partial charge in [0.2, 0.25) is 0 Å². The second-order valence-corrected chi connectivity index (χ2v) is 5.58. The number of primary amides is 1. The highest BCUT2D eigenvalue weighted by Gasteiger charge is 2.24. The van der Waals surface area contributed by atoms with Crippen molar-refractivity contribution in [2.24, 2.45) is 5.73 Å². The zero-order chi connectivity index (χ0) is 22.8. The smallest absolute Gasteiger partial charge is 0.253 e. The van der Waals surface area contributed by atoms with E-state index in [1.54, 1.807) is 19.9 Å². The zero-order valence-corrected chi connectivity index (χ0v) is 13.1. The van der Waals surface area contributed by atoms with Crippen molar-refractivity contribution in [2.75, 3.05) is 5.73 Å². The maximum Gasteiger partial charge on any atom is 0.253 e. The molecule has 0 atom stereocenters. The fraction of sp³-hybridized carbons (Fsp3) is 0.222. The molecule has 2 heterocycles. The van der Waals surface area contributed by atoms with Gasteiger partial charge in [-0.2, -0.15) is 0 Å². The molecule has 0 aliphatic carbocycles. The molecule has 0 spiro atoms. The van der Waals surface area contributed by atoms with Crippen molar-refractivity contribution in [2.45, 2.75) is 27.6 Å². The minimum atomic E-state index is -2.89. The van der Waals surface area contributed by atoms with Gasteiger partial charge in [-0.15, -0.1) is 0 Å². The summed E-state index contributed by atoms with van der Waals surface area (Å²) in [5.41, 5.74) is 11.6. The molecule has 5 N–H and O–H groups in total. The van der Waals surface area contributed by atoms with Crippen molar-refractivity contribution in [3.8, 4) is 11.4 Å². The Labute approximate surface area is 148 Å². The van der Waals surface area contributed by atoms with E-state index in [1.807, 2.05) is 0 Å². The second kappa shape index (κ2) is 5.26. The molecular formula is C18H20N4O2. The Bertz CT molecular complexity index is 1190. The van der Waals surface area contributed by atoms with Gasteiger partial charge in [-0.1, -0.05) is 6.07 Å². The number of hydrogen-bond donors (Lipinski definition) is 3. The van der Waals surface area contributed by atoms with E-state index >= 15 is 0 Å². The number of pyridine rings is 1. The van der Waals surface area contributed by atoms with Crippen LogP contribution >= 0.6 is 0 Å². The van der Waals surface area contributed by atoms with E-state index in [0.29, 0.717) is 5.69 Å². The van der Waals surface area contributed by atoms with Crippen molar-refractivity contribution >= 4 is 22.8 Å². The Balaban J connectivity index is 2.66. The molecule has 3 rings (SSSR count). The number of aryl methyl sites for hydroxylation is 3. The molecule has 124 valence electrons. The lowest BCUT2D eigenvalue weighted by Crippen LogP contribution is -2.14. The van der Waals surface area contributed by atoms with Gasteiger partial charge in [-0.05, 0) is 50.8 Å². The molecule has 0 saturated carbocycles. The first-order chi connectivity index (χ1) is 13.7. The number of fused-ring (bicyclic) bond motifs is 1. The minimum absolute atomic E-state index is 0.0611. The molecule has 6 nitrogen and oxygen atoms in total. The Morgan fingerprint density at radius 1 is 1.29 bits per heavy atom. The normalized spacial score (nSPS) is 15.9. The summed E-state index contributed by atoms with van der Waals surface area (Å²) in [4.78, 5) is 16.6. The third kappa shape index (κ3) is 2.11. The van der Waals surface area contributed by atoms with E-state index < -0.39 is 30.9 Å². The molecule has 1 amide bonds. The summed E-state index contributed by atoms with van der Waals surface area (Å²) in [6.45, 7) is -2.19. The predicted octanol–water partition coefficient (Wildman–Crippen LogP) is 2.65. The second-order valence-electron chi connectivity index (χ2n) is 5.58. The van der Waals surface area contributed by atoms with E-state index in [2.05, 4.69) is 4.98 Å². The number of aromatic nitrogens is 2. The number of carbonyl (C=O) groups excluding carboxylic acids is 1. The molecule has 0 unspecified atom stereocenters. The number of carbonyl (C=O) groups is 1. The molecule has 2 aromatic heterocycles. The van der Waals surface area contributed by atoms with E-state index in [9.17, 15) is 9.90 Å². The van der Waals surface area contributed by atoms with E-state index in [0.717, 1.165) is 22.3 Å². The van der Waals surface area contributed by atoms with Gasteiger partial charge >= 0.3 is 0 Å². The number of nitrogens with zero attached hydrogens (tertiary/aromatic N) is 2. The number of nitrogens with two attached hydrogens (primary N) is 2. The van der Waals surface area contributed by atoms with Crippen LogP contribution in [0.3, 0.4) is 0 Å². The molecule has 6 heteroatoms. The summed E-state index contributed by atoms with van der Waals surface area (Å²) in [5, 5.41) is 10.6. The van der Waals surface area contributed by atoms with E-state index in [1.165, 1.54) is 0 Å². The highest BCUT2D eigenvalue weighted by Crippen LogP contribution is 2.36. The number of phenols is 1. The lowest BCUT2D eigenvalue weighted by Gasteiger charge is -2.15. The monoisotopic (exact) mass is 330 g/mol. The van der Waals surface area contributed by atoms with Crippen molar-refractivity contribution in [1.82, 2.24) is 9.55 Å². The van der Waals surface area contributed by atoms with Gasteiger partial charge in [0.25, 0.3) is 5.91 Å². The Kier molecular flexibility index (Phi) is 2.19. The van der Waals surface area contributed by atoms with Crippen LogP contribution in [0.1, 0.15) is 41.0 Å². The molecular weight excluding hydrogens is 304 g/mol. The summed E-state index contributed by atoms with van der Waals surface area (Å²) >= 11 is 0. The Morgan fingerprint density at radius 2 is 2.04 bits per heavy atom. The van der Waals surface area contributed by atoms with Crippen LogP contribution in [0.25, 0.3) is 16.7 Å². The van der Waals surface area contributed by atoms with Crippen molar-refractivity contribution in [3.05, 3.63) is 46.1 Å². The number of phenolic OH excluding ortho intramolecular Hbond substituents is 1. The number of anilines is 1. The lowest BCUT2D eigenvalue weighted by atomic mass is 10.1. The topological polar surface area (TPSA) is 107 Å². The molecule has 24 heavy (non-hydrogen) atoms. The summed E-state index contributed by atoms with van der Waals surface area (Å²) in [6, 6.07) is 3.73. The van der Waals surface area contributed by atoms with Crippen molar-refractivity contribution in [3.63, 3.8) is 0 Å². The molecule has 0 aliphatic rings. The van der Waals surface area contributed by atoms with Crippen LogP contribution < -0.4 is 11.5 Å². The van der Waals surface area contributed by atoms with E-state index in [4.69, 9.17) is 19.7 Å². The maximum absolute atomic E-state index is 12.1. The van der Waals surface area contributed by atoms with Gasteiger partial charge in [0.15, 0.2) is 0 Å². The summed E-state index contributed by atoms with van der Waals surface area (Å²) in [5.74, 6) is -1.78. The first-order valence-electron chi connectivity index (χ1n) is 10.1. The molecule has 0 radical (unpaired) electrons. The Morgan fingerprint density at radius 3 is 2.67 bits per heavy atom. The molecule has 3 aromatic rings. The Hall–Kier alpha value is -3.02. The number of benzene rings is 1. The average Bonchev–Trinajstić information content (AvgIpc) is 2.83. The van der Waals surface area contributed by atoms with Gasteiger partial charge in [0.05, 0.1) is 11.3 Å². The fourth-order valence-electron chi connectivity index (χ4n) is 2.71. The number of rotatable bonds is 2. The summed E-state index contributed by atoms with van der Waals surface area (Å²) in [7, 11) is 0. The number of nitrogen functional groups attached to an aromatic ring is 1. The minimum Gasteiger partial charge on any atom is -0.508 e. The van der Waals surface area contributed by atoms with Crippen molar-refractivity contribution in [1.29, 1.82) is 0 Å². The molecule has 0 fully saturated rings. The molecule has 0 saturated heterocycles. The van der Waals surface area contributed by atoms with Crippen LogP contribution in [0, 0.1) is 27.6 Å². The van der Waals surface area contributed by atoms with Gasteiger partial charge in [-0.25, -0.2) is 4.98 Å². The highest BCUT2D eigenvalue weighted by atomic mass is 16.3. The average molecular weight is 330 g/mol. The van der Waals surface area contributed by atoms with Crippen LogP contribution in [0.15, 0.2) is 18.2 Å². The van der Waals surface area contributed by atoms with Crippen LogP contribution in [-0.4, -0.2) is 20.6 Å². The van der Waals surface area contributed by atoms with E-state index in [-0.39, 0.29) is 33.7 Å². The van der Waals surface area contributed by atoms with Crippen LogP contribution in [0.2, 0.25) is 0 Å². The first kappa shape index (κ1) is 9.97. The van der Waals surface area contributed by atoms with Crippen molar-refractivity contribution < 1.29 is 18.1 Å².